The minimum Gasteiger partial charge on any atom is -0.481 e. The quantitative estimate of drug-likeness (QED) is 0.0666. The Labute approximate surface area is 343 Å². The van der Waals surface area contributed by atoms with Crippen molar-refractivity contribution in [3.05, 3.63) is 108 Å². The summed E-state index contributed by atoms with van der Waals surface area (Å²) in [7, 11) is 0. The van der Waals surface area contributed by atoms with E-state index in [1.54, 1.807) is 41.5 Å². The zero-order valence-electron chi connectivity index (χ0n) is 34.9. The number of hydrogen-bond acceptors (Lipinski definition) is 10. The van der Waals surface area contributed by atoms with E-state index in [0.717, 1.165) is 16.7 Å². The molecule has 1 fully saturated rings. The molecule has 3 aromatic carbocycles. The van der Waals surface area contributed by atoms with Crippen LogP contribution in [0, 0.1) is 11.8 Å². The zero-order valence-corrected chi connectivity index (χ0v) is 34.9. The fraction of sp³-hybridized carbons (Fsp3) is 0.500. The Morgan fingerprint density at radius 3 is 1.52 bits per heavy atom. The van der Waals surface area contributed by atoms with E-state index >= 15 is 0 Å². The number of benzene rings is 3. The predicted molar refractivity (Wildman–Crippen MR) is 218 cm³/mol. The Balaban J connectivity index is 0.000000340. The fourth-order valence-electron chi connectivity index (χ4n) is 6.15. The third-order valence-corrected chi connectivity index (χ3v) is 8.78. The van der Waals surface area contributed by atoms with Crippen molar-refractivity contribution in [1.82, 2.24) is 4.90 Å². The van der Waals surface area contributed by atoms with Gasteiger partial charge in [0.15, 0.2) is 0 Å². The van der Waals surface area contributed by atoms with E-state index in [1.807, 2.05) is 91.0 Å². The maximum atomic E-state index is 13.5. The Morgan fingerprint density at radius 2 is 1.09 bits per heavy atom. The summed E-state index contributed by atoms with van der Waals surface area (Å²) in [5.41, 5.74) is 1.89. The number of aliphatic carboxylic acids is 1. The molecule has 316 valence electrons. The van der Waals surface area contributed by atoms with Crippen molar-refractivity contribution in [1.29, 1.82) is 0 Å². The van der Waals surface area contributed by atoms with Crippen molar-refractivity contribution in [2.75, 3.05) is 19.8 Å². The lowest BCUT2D eigenvalue weighted by atomic mass is 9.96. The second-order valence-corrected chi connectivity index (χ2v) is 16.3. The second-order valence-electron chi connectivity index (χ2n) is 16.3. The average molecular weight is 804 g/mol. The third-order valence-electron chi connectivity index (χ3n) is 8.78. The molecule has 12 nitrogen and oxygen atoms in total. The van der Waals surface area contributed by atoms with Crippen LogP contribution in [0.5, 0.6) is 0 Å². The van der Waals surface area contributed by atoms with Gasteiger partial charge in [0, 0.05) is 19.1 Å². The molecule has 0 spiro atoms. The molecule has 3 atom stereocenters. The minimum absolute atomic E-state index is 0.101. The highest BCUT2D eigenvalue weighted by atomic mass is 16.6. The van der Waals surface area contributed by atoms with Crippen molar-refractivity contribution in [2.24, 2.45) is 11.8 Å². The molecule has 0 saturated carbocycles. The highest BCUT2D eigenvalue weighted by Gasteiger charge is 2.41. The normalized spacial score (nSPS) is 15.0. The number of carbonyl (C=O) groups excluding carboxylic acids is 4. The number of carboxylic acid groups (broad SMARTS) is 1. The number of carboxylic acids is 1. The maximum absolute atomic E-state index is 13.5. The van der Waals surface area contributed by atoms with Gasteiger partial charge in [0.2, 0.25) is 5.91 Å². The Morgan fingerprint density at radius 1 is 0.672 bits per heavy atom. The molecule has 0 unspecified atom stereocenters. The van der Waals surface area contributed by atoms with Gasteiger partial charge in [0.05, 0.1) is 38.0 Å². The largest absolute Gasteiger partial charge is 0.481 e. The van der Waals surface area contributed by atoms with Gasteiger partial charge < -0.3 is 28.8 Å². The van der Waals surface area contributed by atoms with Crippen LogP contribution in [-0.4, -0.2) is 77.0 Å². The molecular formula is C46H61NO11. The SMILES string of the molecule is CC(C)(C)OC(=O)C[C@H](CCCOCc1ccccc1)C(=O)N1C(=O)OC[C@H]1Cc1ccccc1.CC(C)(C)OC(=O)C[C@H](CCCOCc1ccccc1)C(=O)O. The van der Waals surface area contributed by atoms with E-state index in [9.17, 15) is 29.1 Å². The summed E-state index contributed by atoms with van der Waals surface area (Å²) in [6, 6.07) is 28.9. The molecule has 0 aromatic heterocycles. The first kappa shape index (κ1) is 47.3. The van der Waals surface area contributed by atoms with Crippen LogP contribution in [-0.2, 0) is 62.5 Å². The van der Waals surface area contributed by atoms with Crippen LogP contribution in [0.15, 0.2) is 91.0 Å². The van der Waals surface area contributed by atoms with E-state index in [2.05, 4.69) is 0 Å². The van der Waals surface area contributed by atoms with Crippen molar-refractivity contribution in [3.8, 4) is 0 Å². The molecule has 1 aliphatic heterocycles. The van der Waals surface area contributed by atoms with Crippen LogP contribution in [0.4, 0.5) is 4.79 Å². The van der Waals surface area contributed by atoms with Crippen LogP contribution >= 0.6 is 0 Å². The van der Waals surface area contributed by atoms with E-state index in [0.29, 0.717) is 58.5 Å². The van der Waals surface area contributed by atoms with Gasteiger partial charge in [-0.15, -0.1) is 0 Å². The van der Waals surface area contributed by atoms with E-state index < -0.39 is 59.0 Å². The molecule has 1 saturated heterocycles. The minimum atomic E-state index is -0.973. The number of ether oxygens (including phenoxy) is 5. The van der Waals surface area contributed by atoms with Gasteiger partial charge in [-0.25, -0.2) is 9.69 Å². The van der Waals surface area contributed by atoms with Crippen molar-refractivity contribution < 1.29 is 52.8 Å². The van der Waals surface area contributed by atoms with Gasteiger partial charge in [-0.05, 0) is 90.3 Å². The lowest BCUT2D eigenvalue weighted by Gasteiger charge is -2.26. The Hall–Kier alpha value is -5.07. The monoisotopic (exact) mass is 803 g/mol. The van der Waals surface area contributed by atoms with Crippen molar-refractivity contribution >= 4 is 29.9 Å². The lowest BCUT2D eigenvalue weighted by molar-refractivity contribution is -0.160. The van der Waals surface area contributed by atoms with Crippen LogP contribution in [0.1, 0.15) is 96.8 Å². The van der Waals surface area contributed by atoms with Gasteiger partial charge in [0.1, 0.15) is 17.8 Å². The number of rotatable bonds is 20. The molecule has 58 heavy (non-hydrogen) atoms. The number of amides is 2. The molecule has 4 rings (SSSR count). The summed E-state index contributed by atoms with van der Waals surface area (Å²) in [5.74, 6) is -3.75. The molecule has 0 bridgehead atoms. The topological polar surface area (TPSA) is 155 Å². The summed E-state index contributed by atoms with van der Waals surface area (Å²) < 4.78 is 27.1. The third kappa shape index (κ3) is 18.9. The molecule has 1 N–H and O–H groups in total. The first-order valence-electron chi connectivity index (χ1n) is 19.9. The predicted octanol–water partition coefficient (Wildman–Crippen LogP) is 8.34. The summed E-state index contributed by atoms with van der Waals surface area (Å²) in [6.45, 7) is 12.7. The standard InChI is InChI=1S/C28H35NO6.C18H26O5/c1-28(2,3)35-25(30)18-23(15-10-16-33-19-22-13-8-5-9-14-22)26(31)29-24(20-34-27(29)32)17-21-11-6-4-7-12-21;1-18(2,3)23-16(19)12-15(17(20)21)10-7-11-22-13-14-8-5-4-6-9-14/h4-9,11-14,23-24H,10,15-20H2,1-3H3;4-6,8-9,15H,7,10-13H2,1-3H3,(H,20,21)/t23-,24+;15-/m00/s1. The number of nitrogens with zero attached hydrogens (tertiary/aromatic N) is 1. The van der Waals surface area contributed by atoms with Crippen LogP contribution in [0.3, 0.4) is 0 Å². The maximum Gasteiger partial charge on any atom is 0.416 e. The molecule has 1 aliphatic rings. The number of carbonyl (C=O) groups is 5. The molecular weight excluding hydrogens is 743 g/mol. The molecule has 0 radical (unpaired) electrons. The number of imide groups is 1. The van der Waals surface area contributed by atoms with E-state index in [1.165, 1.54) is 4.90 Å². The smallest absolute Gasteiger partial charge is 0.416 e. The van der Waals surface area contributed by atoms with Crippen LogP contribution < -0.4 is 0 Å². The van der Waals surface area contributed by atoms with Crippen molar-refractivity contribution in [3.63, 3.8) is 0 Å². The molecule has 0 aliphatic carbocycles. The summed E-state index contributed by atoms with van der Waals surface area (Å²) in [6.07, 6.45) is 1.58. The van der Waals surface area contributed by atoms with Gasteiger partial charge >= 0.3 is 24.0 Å². The first-order chi connectivity index (χ1) is 27.5. The molecule has 2 amide bonds. The number of hydrogen-bond donors (Lipinski definition) is 1. The van der Waals surface area contributed by atoms with Gasteiger partial charge in [0.25, 0.3) is 0 Å². The fourth-order valence-corrected chi connectivity index (χ4v) is 6.15. The van der Waals surface area contributed by atoms with E-state index in [-0.39, 0.29) is 19.4 Å². The van der Waals surface area contributed by atoms with Crippen molar-refractivity contribution in [2.45, 2.75) is 117 Å². The molecule has 3 aromatic rings. The van der Waals surface area contributed by atoms with Crippen LogP contribution in [0.25, 0.3) is 0 Å². The van der Waals surface area contributed by atoms with Crippen LogP contribution in [0.2, 0.25) is 0 Å². The van der Waals surface area contributed by atoms with Gasteiger partial charge in [-0.3, -0.25) is 19.2 Å². The molecule has 12 heteroatoms. The first-order valence-corrected chi connectivity index (χ1v) is 19.9. The lowest BCUT2D eigenvalue weighted by Crippen LogP contribution is -2.44. The zero-order chi connectivity index (χ0) is 42.6. The highest BCUT2D eigenvalue weighted by Crippen LogP contribution is 2.25. The average Bonchev–Trinajstić information content (AvgIpc) is 3.52. The Bertz CT molecular complexity index is 1700. The molecule has 1 heterocycles. The highest BCUT2D eigenvalue weighted by molar-refractivity contribution is 5.96. The summed E-state index contributed by atoms with van der Waals surface area (Å²) in [4.78, 5) is 62.8. The van der Waals surface area contributed by atoms with Gasteiger partial charge in [-0.2, -0.15) is 0 Å². The second kappa shape index (κ2) is 24.0. The van der Waals surface area contributed by atoms with Gasteiger partial charge in [-0.1, -0.05) is 91.0 Å². The van der Waals surface area contributed by atoms with E-state index in [4.69, 9.17) is 23.7 Å². The summed E-state index contributed by atoms with van der Waals surface area (Å²) >= 11 is 0. The Kier molecular flexibility index (Phi) is 19.6. The number of esters is 2. The summed E-state index contributed by atoms with van der Waals surface area (Å²) in [5, 5.41) is 9.21. The number of cyclic esters (lactones) is 1.